The molecule has 0 N–H and O–H groups in total. The maximum absolute atomic E-state index is 6.30. The minimum absolute atomic E-state index is 0.585. The normalized spacial score (nSPS) is 16.0. The summed E-state index contributed by atoms with van der Waals surface area (Å²) in [6, 6.07) is 14.5. The van der Waals surface area contributed by atoms with Crippen LogP contribution >= 0.6 is 0 Å². The number of aryl methyl sites for hydroxylation is 2. The number of nitrogens with zero attached hydrogens (tertiary/aromatic N) is 2. The largest absolute Gasteiger partial charge is 0.500 e. The van der Waals surface area contributed by atoms with Gasteiger partial charge in [-0.3, -0.25) is 9.80 Å². The third-order valence-corrected chi connectivity index (χ3v) is 14.0. The molecule has 2 heterocycles. The number of para-hydroxylation sites is 2. The van der Waals surface area contributed by atoms with Gasteiger partial charge in [0.25, 0.3) is 0 Å². The Morgan fingerprint density at radius 2 is 0.976 bits per heavy atom. The zero-order chi connectivity index (χ0) is 30.0. The van der Waals surface area contributed by atoms with E-state index in [1.54, 1.807) is 42.7 Å². The summed E-state index contributed by atoms with van der Waals surface area (Å²) in [5, 5.41) is 0. The van der Waals surface area contributed by atoms with Gasteiger partial charge in [-0.05, 0) is 36.8 Å². The van der Waals surface area contributed by atoms with E-state index in [0.717, 1.165) is 75.4 Å². The number of benzene rings is 2. The first-order chi connectivity index (χ1) is 20.4. The molecule has 0 fully saturated rings. The lowest BCUT2D eigenvalue weighted by Crippen LogP contribution is -2.42. The quantitative estimate of drug-likeness (QED) is 0.239. The molecule has 0 radical (unpaired) electrons. The first kappa shape index (κ1) is 33.1. The van der Waals surface area contributed by atoms with Crippen molar-refractivity contribution >= 4 is 17.6 Å². The van der Waals surface area contributed by atoms with Crippen molar-refractivity contribution < 1.29 is 36.0 Å². The van der Waals surface area contributed by atoms with E-state index in [4.69, 9.17) is 36.0 Å². The van der Waals surface area contributed by atoms with E-state index < -0.39 is 17.6 Å². The van der Waals surface area contributed by atoms with Gasteiger partial charge < -0.3 is 36.0 Å². The van der Waals surface area contributed by atoms with Crippen LogP contribution in [0.15, 0.2) is 36.4 Å². The Labute approximate surface area is 253 Å². The highest BCUT2D eigenvalue weighted by atomic mass is 28.4. The highest BCUT2D eigenvalue weighted by Gasteiger charge is 2.38. The predicted octanol–water partition coefficient (Wildman–Crippen LogP) is 4.31. The summed E-state index contributed by atoms with van der Waals surface area (Å²) in [6.45, 7) is 4.73. The highest BCUT2D eigenvalue weighted by Crippen LogP contribution is 2.33. The molecule has 2 aromatic rings. The van der Waals surface area contributed by atoms with E-state index >= 15 is 0 Å². The van der Waals surface area contributed by atoms with Gasteiger partial charge in [0.05, 0.1) is 0 Å². The van der Waals surface area contributed by atoms with Gasteiger partial charge in [-0.25, -0.2) is 0 Å². The average Bonchev–Trinajstić information content (AvgIpc) is 3.04. The Morgan fingerprint density at radius 1 is 0.595 bits per heavy atom. The minimum atomic E-state index is -2.56. The Morgan fingerprint density at radius 3 is 1.33 bits per heavy atom. The second-order valence-corrected chi connectivity index (χ2v) is 16.9. The fourth-order valence-corrected chi connectivity index (χ4v) is 9.29. The van der Waals surface area contributed by atoms with Crippen LogP contribution in [0.4, 0.5) is 0 Å². The zero-order valence-corrected chi connectivity index (χ0v) is 28.1. The third kappa shape index (κ3) is 8.00. The van der Waals surface area contributed by atoms with Crippen LogP contribution in [0, 0.1) is 0 Å². The van der Waals surface area contributed by atoms with Crippen molar-refractivity contribution in [3.8, 4) is 11.5 Å². The lowest BCUT2D eigenvalue weighted by molar-refractivity contribution is 0.0513. The van der Waals surface area contributed by atoms with Gasteiger partial charge in [0.2, 0.25) is 0 Å². The Bertz CT molecular complexity index is 1030. The minimum Gasteiger partial charge on any atom is -0.478 e. The van der Waals surface area contributed by atoms with Crippen molar-refractivity contribution in [2.75, 3.05) is 69.2 Å². The van der Waals surface area contributed by atoms with Crippen molar-refractivity contribution in [3.05, 3.63) is 58.7 Å². The molecular weight excluding hydrogens is 573 g/mol. The summed E-state index contributed by atoms with van der Waals surface area (Å²) in [6.07, 6.45) is 3.63. The van der Waals surface area contributed by atoms with Crippen LogP contribution in [0.1, 0.15) is 35.1 Å². The number of ether oxygens (including phenoxy) is 2. The van der Waals surface area contributed by atoms with Crippen LogP contribution in [-0.4, -0.2) is 96.6 Å². The van der Waals surface area contributed by atoms with Gasteiger partial charge >= 0.3 is 17.6 Å². The average molecular weight is 621 g/mol. The van der Waals surface area contributed by atoms with Crippen molar-refractivity contribution in [2.24, 2.45) is 0 Å². The van der Waals surface area contributed by atoms with E-state index in [0.29, 0.717) is 13.5 Å². The second-order valence-electron chi connectivity index (χ2n) is 10.8. The molecule has 0 aromatic heterocycles. The fourth-order valence-electron chi connectivity index (χ4n) is 5.85. The Hall–Kier alpha value is -1.85. The van der Waals surface area contributed by atoms with E-state index in [-0.39, 0.29) is 0 Å². The number of hydrogen-bond donors (Lipinski definition) is 0. The highest BCUT2D eigenvalue weighted by molar-refractivity contribution is 6.60. The molecule has 42 heavy (non-hydrogen) atoms. The van der Waals surface area contributed by atoms with Crippen molar-refractivity contribution in [3.63, 3.8) is 0 Å². The molecule has 0 aliphatic carbocycles. The molecular formula is C30H48N2O8Si2. The Kier molecular flexibility index (Phi) is 12.4. The molecule has 0 bridgehead atoms. The van der Waals surface area contributed by atoms with E-state index in [1.807, 2.05) is 0 Å². The molecule has 10 nitrogen and oxygen atoms in total. The monoisotopic (exact) mass is 620 g/mol. The molecule has 12 heteroatoms. The molecule has 2 aliphatic heterocycles. The summed E-state index contributed by atoms with van der Waals surface area (Å²) in [4.78, 5) is 4.71. The summed E-state index contributed by atoms with van der Waals surface area (Å²) in [5.41, 5.74) is 4.93. The first-order valence-corrected chi connectivity index (χ1v) is 18.5. The van der Waals surface area contributed by atoms with Gasteiger partial charge in [-0.1, -0.05) is 36.4 Å². The summed E-state index contributed by atoms with van der Waals surface area (Å²) >= 11 is 0. The first-order valence-electron chi connectivity index (χ1n) is 14.7. The molecule has 234 valence electrons. The summed E-state index contributed by atoms with van der Waals surface area (Å²) in [5.74, 6) is 2.05. The molecule has 0 saturated carbocycles. The predicted molar refractivity (Wildman–Crippen MR) is 165 cm³/mol. The molecule has 0 spiro atoms. The standard InChI is InChI=1S/C30H48N2O8Si2/c1-33-41(34-2,35-3)19-9-15-25-11-7-13-27-21-31(23-39-29(25)27)17-18-32-22-28-14-8-12-26(30(28)40-24-32)16-10-20-42(36-4,37-5)38-6/h7-8,11-14H,9-10,15-24H2,1-6H3. The molecule has 2 aromatic carbocycles. The van der Waals surface area contributed by atoms with E-state index in [9.17, 15) is 0 Å². The van der Waals surface area contributed by atoms with Crippen LogP contribution in [-0.2, 0) is 52.5 Å². The van der Waals surface area contributed by atoms with Crippen LogP contribution in [0.25, 0.3) is 0 Å². The van der Waals surface area contributed by atoms with Crippen molar-refractivity contribution in [2.45, 2.75) is 50.9 Å². The lowest BCUT2D eigenvalue weighted by Gasteiger charge is -2.34. The topological polar surface area (TPSA) is 80.3 Å². The number of fused-ring (bicyclic) bond motifs is 2. The maximum atomic E-state index is 6.30. The maximum Gasteiger partial charge on any atom is 0.500 e. The van der Waals surface area contributed by atoms with E-state index in [2.05, 4.69) is 46.2 Å². The fraction of sp³-hybridized carbons (Fsp3) is 0.600. The van der Waals surface area contributed by atoms with Gasteiger partial charge in [0.15, 0.2) is 0 Å². The summed E-state index contributed by atoms with van der Waals surface area (Å²) in [7, 11) is 4.84. The van der Waals surface area contributed by atoms with Gasteiger partial charge in [-0.15, -0.1) is 0 Å². The molecule has 0 saturated heterocycles. The number of hydrogen-bond acceptors (Lipinski definition) is 10. The van der Waals surface area contributed by atoms with Crippen molar-refractivity contribution in [1.82, 2.24) is 9.80 Å². The molecule has 0 unspecified atom stereocenters. The van der Waals surface area contributed by atoms with Gasteiger partial charge in [0.1, 0.15) is 25.0 Å². The molecule has 2 aliphatic rings. The van der Waals surface area contributed by atoms with Gasteiger partial charge in [0, 0.05) is 92.1 Å². The smallest absolute Gasteiger partial charge is 0.478 e. The summed E-state index contributed by atoms with van der Waals surface area (Å²) < 4.78 is 46.0. The van der Waals surface area contributed by atoms with Gasteiger partial charge in [-0.2, -0.15) is 0 Å². The number of rotatable bonds is 17. The van der Waals surface area contributed by atoms with Crippen molar-refractivity contribution in [1.29, 1.82) is 0 Å². The zero-order valence-electron chi connectivity index (χ0n) is 26.1. The lowest BCUT2D eigenvalue weighted by atomic mass is 10.0. The Balaban J connectivity index is 1.26. The van der Waals surface area contributed by atoms with Crippen LogP contribution < -0.4 is 9.47 Å². The molecule has 0 atom stereocenters. The molecule has 0 amide bonds. The second kappa shape index (κ2) is 15.8. The van der Waals surface area contributed by atoms with Crippen LogP contribution in [0.2, 0.25) is 12.1 Å². The third-order valence-electron chi connectivity index (χ3n) is 8.38. The van der Waals surface area contributed by atoms with E-state index in [1.165, 1.54) is 22.3 Å². The van der Waals surface area contributed by atoms with Crippen LogP contribution in [0.3, 0.4) is 0 Å². The molecule has 4 rings (SSSR count). The van der Waals surface area contributed by atoms with Crippen LogP contribution in [0.5, 0.6) is 11.5 Å². The SMILES string of the molecule is CO[Si](CCCc1cccc2c1OCN(CCN1COc3c(CCC[Si](OC)(OC)OC)cccc3C1)C2)(OC)OC.